The summed E-state index contributed by atoms with van der Waals surface area (Å²) in [6, 6.07) is 0. The van der Waals surface area contributed by atoms with E-state index in [-0.39, 0.29) is 71.0 Å². The normalized spacial score (nSPS) is 9.91. The summed E-state index contributed by atoms with van der Waals surface area (Å²) in [6.45, 7) is 6.48. The molecule has 0 unspecified atom stereocenters. The summed E-state index contributed by atoms with van der Waals surface area (Å²) in [5.41, 5.74) is 0. The average molecular weight is 549 g/mol. The molecule has 5 heteroatoms. The Labute approximate surface area is 189 Å². The molecule has 0 fully saturated rings. The minimum absolute atomic E-state index is 0. The van der Waals surface area contributed by atoms with E-state index >= 15 is 0 Å². The third-order valence-corrected chi connectivity index (χ3v) is 3.14. The van der Waals surface area contributed by atoms with Gasteiger partial charge in [0.05, 0.1) is 6.61 Å². The van der Waals surface area contributed by atoms with Crippen molar-refractivity contribution < 1.29 is 57.4 Å². The van der Waals surface area contributed by atoms with Crippen molar-refractivity contribution in [3.05, 3.63) is 12.2 Å². The predicted octanol–water partition coefficient (Wildman–Crippen LogP) is -0.899. The number of ether oxygens (including phenoxy) is 2. The van der Waals surface area contributed by atoms with Crippen LogP contribution in [0.15, 0.2) is 12.2 Å². The maximum absolute atomic E-state index is 5.44. The summed E-state index contributed by atoms with van der Waals surface area (Å²) in [5.74, 6) is 0. The molecule has 0 aliphatic rings. The van der Waals surface area contributed by atoms with Crippen LogP contribution in [0.5, 0.6) is 0 Å². The zero-order valence-corrected chi connectivity index (χ0v) is 20.4. The SMILES string of the molecule is CC/C=C\CCOCOCCCCCCCCCC.[I-].[I-].[Mg+2]. The number of allylic oxidation sites excluding steroid dienone is 1. The fourth-order valence-corrected chi connectivity index (χ4v) is 1.95. The van der Waals surface area contributed by atoms with Gasteiger partial charge in [-0.15, -0.1) is 0 Å². The maximum atomic E-state index is 5.44. The topological polar surface area (TPSA) is 18.5 Å². The Kier molecular flexibility index (Phi) is 44.2. The van der Waals surface area contributed by atoms with Crippen LogP contribution < -0.4 is 48.0 Å². The second kappa shape index (κ2) is 30.7. The van der Waals surface area contributed by atoms with E-state index in [9.17, 15) is 0 Å². The molecule has 0 aromatic heterocycles. The third kappa shape index (κ3) is 29.8. The largest absolute Gasteiger partial charge is 2.00 e. The Balaban J connectivity index is -0.000000540. The van der Waals surface area contributed by atoms with Gasteiger partial charge in [0.15, 0.2) is 0 Å². The van der Waals surface area contributed by atoms with Crippen LogP contribution >= 0.6 is 0 Å². The molecule has 0 N–H and O–H groups in total. The molecule has 22 heavy (non-hydrogen) atoms. The molecular weight excluding hydrogens is 514 g/mol. The zero-order chi connectivity index (χ0) is 14.0. The Hall–Kier alpha value is 1.89. The minimum atomic E-state index is 0. The minimum Gasteiger partial charge on any atom is -1.00 e. The second-order valence-corrected chi connectivity index (χ2v) is 5.08. The summed E-state index contributed by atoms with van der Waals surface area (Å²) in [6.07, 6.45) is 17.2. The van der Waals surface area contributed by atoms with Crippen molar-refractivity contribution in [1.29, 1.82) is 0 Å². The first-order valence-electron chi connectivity index (χ1n) is 8.22. The first-order chi connectivity index (χ1) is 9.41. The average Bonchev–Trinajstić information content (AvgIpc) is 2.43. The number of unbranched alkanes of at least 4 members (excludes halogenated alkanes) is 7. The van der Waals surface area contributed by atoms with Crippen molar-refractivity contribution in [3.8, 4) is 0 Å². The Morgan fingerprint density at radius 3 is 1.82 bits per heavy atom. The quantitative estimate of drug-likeness (QED) is 0.0869. The van der Waals surface area contributed by atoms with Gasteiger partial charge in [-0.2, -0.15) is 0 Å². The molecule has 0 atom stereocenters. The van der Waals surface area contributed by atoms with Gasteiger partial charge in [0.1, 0.15) is 6.79 Å². The Bertz CT molecular complexity index is 193. The summed E-state index contributed by atoms with van der Waals surface area (Å²) >= 11 is 0. The van der Waals surface area contributed by atoms with Gasteiger partial charge in [0, 0.05) is 6.61 Å². The second-order valence-electron chi connectivity index (χ2n) is 5.08. The van der Waals surface area contributed by atoms with Gasteiger partial charge in [0.25, 0.3) is 0 Å². The fourth-order valence-electron chi connectivity index (χ4n) is 1.95. The predicted molar refractivity (Wildman–Crippen MR) is 89.2 cm³/mol. The molecule has 0 bridgehead atoms. The van der Waals surface area contributed by atoms with Crippen molar-refractivity contribution in [1.82, 2.24) is 0 Å². The molecule has 0 aliphatic heterocycles. The van der Waals surface area contributed by atoms with E-state index in [1.165, 1.54) is 51.4 Å². The van der Waals surface area contributed by atoms with Crippen LogP contribution in [0, 0.1) is 0 Å². The van der Waals surface area contributed by atoms with Crippen molar-refractivity contribution in [2.75, 3.05) is 20.0 Å². The molecule has 0 radical (unpaired) electrons. The zero-order valence-electron chi connectivity index (χ0n) is 14.6. The van der Waals surface area contributed by atoms with E-state index in [4.69, 9.17) is 9.47 Å². The van der Waals surface area contributed by atoms with Gasteiger partial charge >= 0.3 is 23.1 Å². The standard InChI is InChI=1S/C17H34O2.2HI.Mg/c1-3-5-7-9-10-11-12-14-16-19-17-18-15-13-8-6-4-2;;;/h6,8H,3-5,7,9-17H2,1-2H3;2*1H;/q;;;+2/p-2/b8-6-;;;. The van der Waals surface area contributed by atoms with Gasteiger partial charge in [-0.25, -0.2) is 0 Å². The van der Waals surface area contributed by atoms with Crippen LogP contribution in [-0.4, -0.2) is 43.1 Å². The number of halogens is 2. The number of hydrogen-bond acceptors (Lipinski definition) is 2. The molecule has 0 aromatic carbocycles. The van der Waals surface area contributed by atoms with E-state index < -0.39 is 0 Å². The van der Waals surface area contributed by atoms with E-state index in [0.29, 0.717) is 6.79 Å². The first-order valence-corrected chi connectivity index (χ1v) is 8.22. The fraction of sp³-hybridized carbons (Fsp3) is 0.882. The summed E-state index contributed by atoms with van der Waals surface area (Å²) in [5, 5.41) is 0. The van der Waals surface area contributed by atoms with Gasteiger partial charge in [-0.3, -0.25) is 0 Å². The van der Waals surface area contributed by atoms with Gasteiger partial charge in [-0.1, -0.05) is 70.9 Å². The van der Waals surface area contributed by atoms with E-state index in [0.717, 1.165) is 26.1 Å². The van der Waals surface area contributed by atoms with Gasteiger partial charge in [-0.05, 0) is 19.3 Å². The Morgan fingerprint density at radius 1 is 0.682 bits per heavy atom. The molecule has 0 spiro atoms. The van der Waals surface area contributed by atoms with Crippen molar-refractivity contribution in [2.45, 2.75) is 78.1 Å². The van der Waals surface area contributed by atoms with E-state index in [2.05, 4.69) is 26.0 Å². The van der Waals surface area contributed by atoms with Gasteiger partial charge in [0.2, 0.25) is 0 Å². The van der Waals surface area contributed by atoms with Crippen LogP contribution in [-0.2, 0) is 9.47 Å². The van der Waals surface area contributed by atoms with Crippen LogP contribution in [0.3, 0.4) is 0 Å². The first kappa shape index (κ1) is 31.6. The third-order valence-electron chi connectivity index (χ3n) is 3.14. The van der Waals surface area contributed by atoms with Crippen LogP contribution in [0.4, 0.5) is 0 Å². The van der Waals surface area contributed by atoms with E-state index in [1.54, 1.807) is 0 Å². The maximum Gasteiger partial charge on any atom is 2.00 e. The van der Waals surface area contributed by atoms with Crippen molar-refractivity contribution >= 4 is 23.1 Å². The molecule has 0 heterocycles. The molecule has 0 rings (SSSR count). The Morgan fingerprint density at radius 2 is 1.23 bits per heavy atom. The summed E-state index contributed by atoms with van der Waals surface area (Å²) < 4.78 is 10.8. The molecule has 2 nitrogen and oxygen atoms in total. The number of hydrogen-bond donors (Lipinski definition) is 0. The molecule has 0 amide bonds. The van der Waals surface area contributed by atoms with Gasteiger partial charge < -0.3 is 57.4 Å². The molecule has 130 valence electrons. The smallest absolute Gasteiger partial charge is 1.00 e. The molecule has 0 aliphatic carbocycles. The molecule has 0 saturated heterocycles. The molecule has 0 saturated carbocycles. The van der Waals surface area contributed by atoms with Crippen LogP contribution in [0.25, 0.3) is 0 Å². The molecule has 0 aromatic rings. The van der Waals surface area contributed by atoms with E-state index in [1.807, 2.05) is 0 Å². The van der Waals surface area contributed by atoms with Crippen molar-refractivity contribution in [2.24, 2.45) is 0 Å². The van der Waals surface area contributed by atoms with Crippen LogP contribution in [0.2, 0.25) is 0 Å². The summed E-state index contributed by atoms with van der Waals surface area (Å²) in [4.78, 5) is 0. The molecular formula is C17H34I2MgO2. The summed E-state index contributed by atoms with van der Waals surface area (Å²) in [7, 11) is 0. The van der Waals surface area contributed by atoms with Crippen LogP contribution in [0.1, 0.15) is 78.1 Å². The monoisotopic (exact) mass is 548 g/mol. The van der Waals surface area contributed by atoms with Crippen molar-refractivity contribution in [3.63, 3.8) is 0 Å². The number of rotatable bonds is 15.